The van der Waals surface area contributed by atoms with Crippen LogP contribution in [0.5, 0.6) is 0 Å². The Labute approximate surface area is 123 Å². The van der Waals surface area contributed by atoms with E-state index in [2.05, 4.69) is 28.2 Å². The highest BCUT2D eigenvalue weighted by Gasteiger charge is 2.20. The lowest BCUT2D eigenvalue weighted by Crippen LogP contribution is -3.13. The molecule has 1 heterocycles. The molecule has 0 aromatic heterocycles. The van der Waals surface area contributed by atoms with Gasteiger partial charge in [0.1, 0.15) is 0 Å². The van der Waals surface area contributed by atoms with E-state index in [0.29, 0.717) is 6.42 Å². The lowest BCUT2D eigenvalue weighted by molar-refractivity contribution is -0.907. The Hall–Kier alpha value is -0.870. The number of piperidine rings is 1. The van der Waals surface area contributed by atoms with Crippen LogP contribution in [-0.4, -0.2) is 25.5 Å². The van der Waals surface area contributed by atoms with Crippen molar-refractivity contribution in [2.45, 2.75) is 26.2 Å². The van der Waals surface area contributed by atoms with Gasteiger partial charge in [0.2, 0.25) is 5.91 Å². The van der Waals surface area contributed by atoms with Crippen molar-refractivity contribution < 1.29 is 9.69 Å². The summed E-state index contributed by atoms with van der Waals surface area (Å²) in [6, 6.07) is 7.70. The standard InChI is InChI=1S/C15H21BrN2O/c1-12-3-2-9-18(11-12)10-8-15(19)17-14-6-4-13(16)5-7-14/h4-7,12H,2-3,8-11H2,1H3,(H,17,19)/p+1/t12-/m0/s1. The van der Waals surface area contributed by atoms with Crippen LogP contribution in [0.3, 0.4) is 0 Å². The molecule has 1 aliphatic rings. The molecule has 2 rings (SSSR count). The van der Waals surface area contributed by atoms with Gasteiger partial charge in [-0.15, -0.1) is 0 Å². The Morgan fingerprint density at radius 1 is 1.42 bits per heavy atom. The molecule has 1 unspecified atom stereocenters. The van der Waals surface area contributed by atoms with E-state index in [1.54, 1.807) is 4.90 Å². The van der Waals surface area contributed by atoms with Crippen molar-refractivity contribution in [3.05, 3.63) is 28.7 Å². The highest BCUT2D eigenvalue weighted by atomic mass is 79.9. The minimum absolute atomic E-state index is 0.119. The molecule has 3 nitrogen and oxygen atoms in total. The highest BCUT2D eigenvalue weighted by Crippen LogP contribution is 2.14. The molecule has 2 atom stereocenters. The fourth-order valence-electron chi connectivity index (χ4n) is 2.67. The molecule has 1 aromatic carbocycles. The highest BCUT2D eigenvalue weighted by molar-refractivity contribution is 9.10. The number of halogens is 1. The Morgan fingerprint density at radius 3 is 2.84 bits per heavy atom. The number of benzene rings is 1. The fourth-order valence-corrected chi connectivity index (χ4v) is 2.94. The minimum atomic E-state index is 0.119. The molecule has 19 heavy (non-hydrogen) atoms. The van der Waals surface area contributed by atoms with Crippen molar-refractivity contribution in [2.24, 2.45) is 5.92 Å². The third kappa shape index (κ3) is 4.96. The van der Waals surface area contributed by atoms with Crippen LogP contribution >= 0.6 is 15.9 Å². The van der Waals surface area contributed by atoms with Crippen molar-refractivity contribution in [3.8, 4) is 0 Å². The van der Waals surface area contributed by atoms with Crippen molar-refractivity contribution in [2.75, 3.05) is 25.0 Å². The first-order valence-electron chi connectivity index (χ1n) is 7.02. The van der Waals surface area contributed by atoms with Crippen molar-refractivity contribution >= 4 is 27.5 Å². The molecular weight excluding hydrogens is 304 g/mol. The molecule has 0 aliphatic carbocycles. The summed E-state index contributed by atoms with van der Waals surface area (Å²) in [5.41, 5.74) is 0.871. The Kier molecular flexibility index (Phi) is 5.40. The normalized spacial score (nSPS) is 23.1. The van der Waals surface area contributed by atoms with Gasteiger partial charge in [0.15, 0.2) is 0 Å². The van der Waals surface area contributed by atoms with E-state index in [1.165, 1.54) is 25.9 Å². The number of likely N-dealkylation sites (tertiary alicyclic amines) is 1. The van der Waals surface area contributed by atoms with Crippen molar-refractivity contribution in [1.29, 1.82) is 0 Å². The van der Waals surface area contributed by atoms with E-state index in [9.17, 15) is 4.79 Å². The summed E-state index contributed by atoms with van der Waals surface area (Å²) in [5, 5.41) is 2.95. The second-order valence-electron chi connectivity index (χ2n) is 5.51. The van der Waals surface area contributed by atoms with Gasteiger partial charge >= 0.3 is 0 Å². The monoisotopic (exact) mass is 325 g/mol. The summed E-state index contributed by atoms with van der Waals surface area (Å²) in [5.74, 6) is 0.923. The largest absolute Gasteiger partial charge is 0.334 e. The van der Waals surface area contributed by atoms with Crippen LogP contribution in [0.15, 0.2) is 28.7 Å². The van der Waals surface area contributed by atoms with E-state index in [1.807, 2.05) is 24.3 Å². The molecule has 1 amide bonds. The molecule has 1 fully saturated rings. The topological polar surface area (TPSA) is 33.5 Å². The molecule has 1 aromatic rings. The van der Waals surface area contributed by atoms with Crippen molar-refractivity contribution in [3.63, 3.8) is 0 Å². The summed E-state index contributed by atoms with van der Waals surface area (Å²) in [4.78, 5) is 13.5. The lowest BCUT2D eigenvalue weighted by atomic mass is 10.0. The Balaban J connectivity index is 1.73. The number of hydrogen-bond acceptors (Lipinski definition) is 1. The molecule has 104 valence electrons. The van der Waals surface area contributed by atoms with Crippen LogP contribution in [0.4, 0.5) is 5.69 Å². The molecule has 4 heteroatoms. The molecule has 1 saturated heterocycles. The Morgan fingerprint density at radius 2 is 2.16 bits per heavy atom. The van der Waals surface area contributed by atoms with Crippen LogP contribution in [-0.2, 0) is 4.79 Å². The quantitative estimate of drug-likeness (QED) is 0.873. The van der Waals surface area contributed by atoms with Crippen LogP contribution in [0.1, 0.15) is 26.2 Å². The summed E-state index contributed by atoms with van der Waals surface area (Å²) < 4.78 is 1.03. The molecule has 0 bridgehead atoms. The number of anilines is 1. The third-order valence-corrected chi connectivity index (χ3v) is 4.23. The van der Waals surface area contributed by atoms with Gasteiger partial charge in [-0.25, -0.2) is 0 Å². The zero-order valence-electron chi connectivity index (χ0n) is 11.4. The third-order valence-electron chi connectivity index (χ3n) is 3.70. The second kappa shape index (κ2) is 7.06. The number of rotatable bonds is 4. The predicted octanol–water partition coefficient (Wildman–Crippen LogP) is 2.09. The summed E-state index contributed by atoms with van der Waals surface area (Å²) in [6.07, 6.45) is 3.25. The Bertz CT molecular complexity index is 419. The minimum Gasteiger partial charge on any atom is -0.334 e. The van der Waals surface area contributed by atoms with E-state index in [0.717, 1.165) is 22.6 Å². The average molecular weight is 326 g/mol. The lowest BCUT2D eigenvalue weighted by Gasteiger charge is -2.27. The van der Waals surface area contributed by atoms with Gasteiger partial charge in [-0.2, -0.15) is 0 Å². The fraction of sp³-hybridized carbons (Fsp3) is 0.533. The van der Waals surface area contributed by atoms with Crippen LogP contribution in [0.2, 0.25) is 0 Å². The maximum Gasteiger partial charge on any atom is 0.230 e. The molecular formula is C15H22BrN2O+. The number of carbonyl (C=O) groups is 1. The maximum absolute atomic E-state index is 11.9. The number of carbonyl (C=O) groups excluding carboxylic acids is 1. The number of amides is 1. The number of nitrogens with one attached hydrogen (secondary N) is 2. The second-order valence-corrected chi connectivity index (χ2v) is 6.42. The van der Waals surface area contributed by atoms with Crippen molar-refractivity contribution in [1.82, 2.24) is 0 Å². The summed E-state index contributed by atoms with van der Waals surface area (Å²) in [6.45, 7) is 5.69. The zero-order valence-corrected chi connectivity index (χ0v) is 13.0. The smallest absolute Gasteiger partial charge is 0.230 e. The van der Waals surface area contributed by atoms with Gasteiger partial charge in [-0.05, 0) is 37.1 Å². The van der Waals surface area contributed by atoms with Crippen LogP contribution < -0.4 is 10.2 Å². The van der Waals surface area contributed by atoms with Crippen LogP contribution in [0, 0.1) is 5.92 Å². The molecule has 0 spiro atoms. The average Bonchev–Trinajstić information content (AvgIpc) is 2.39. The van der Waals surface area contributed by atoms with Gasteiger partial charge in [0.05, 0.1) is 26.1 Å². The first-order valence-corrected chi connectivity index (χ1v) is 7.82. The predicted molar refractivity (Wildman–Crippen MR) is 81.4 cm³/mol. The number of quaternary nitrogens is 1. The van der Waals surface area contributed by atoms with E-state index in [4.69, 9.17) is 0 Å². The number of hydrogen-bond donors (Lipinski definition) is 2. The van der Waals surface area contributed by atoms with Gasteiger partial charge in [0.25, 0.3) is 0 Å². The molecule has 0 saturated carbocycles. The van der Waals surface area contributed by atoms with E-state index >= 15 is 0 Å². The molecule has 1 aliphatic heterocycles. The van der Waals surface area contributed by atoms with Gasteiger partial charge < -0.3 is 10.2 Å². The maximum atomic E-state index is 11.9. The van der Waals surface area contributed by atoms with E-state index in [-0.39, 0.29) is 5.91 Å². The summed E-state index contributed by atoms with van der Waals surface area (Å²) >= 11 is 3.38. The first-order chi connectivity index (χ1) is 9.13. The van der Waals surface area contributed by atoms with Crippen LogP contribution in [0.25, 0.3) is 0 Å². The zero-order chi connectivity index (χ0) is 13.7. The SMILES string of the molecule is C[C@H]1CCC[NH+](CCC(=O)Nc2ccc(Br)cc2)C1. The van der Waals surface area contributed by atoms with Gasteiger partial charge in [-0.1, -0.05) is 22.9 Å². The first kappa shape index (κ1) is 14.5. The molecule has 0 radical (unpaired) electrons. The van der Waals surface area contributed by atoms with Gasteiger partial charge in [-0.3, -0.25) is 4.79 Å². The molecule has 2 N–H and O–H groups in total. The van der Waals surface area contributed by atoms with E-state index < -0.39 is 0 Å². The van der Waals surface area contributed by atoms with Gasteiger partial charge in [0, 0.05) is 16.1 Å². The summed E-state index contributed by atoms with van der Waals surface area (Å²) in [7, 11) is 0.